The number of benzene rings is 3. The number of nitrogens with two attached hydrogens (primary N) is 1. The van der Waals surface area contributed by atoms with Crippen molar-refractivity contribution < 1.29 is 9.59 Å². The number of rotatable bonds is 12. The molecular weight excluding hydrogens is 524 g/mol. The predicted molar refractivity (Wildman–Crippen MR) is 166 cm³/mol. The lowest BCUT2D eigenvalue weighted by Gasteiger charge is -2.29. The van der Waals surface area contributed by atoms with Gasteiger partial charge in [0.1, 0.15) is 0 Å². The molecule has 6 N–H and O–H groups in total. The molecule has 220 valence electrons. The van der Waals surface area contributed by atoms with E-state index in [9.17, 15) is 9.59 Å². The van der Waals surface area contributed by atoms with Crippen LogP contribution in [0.15, 0.2) is 91.0 Å². The summed E-state index contributed by atoms with van der Waals surface area (Å²) in [5, 5.41) is 17.0. The molecule has 5 rings (SSSR count). The highest BCUT2D eigenvalue weighted by Crippen LogP contribution is 2.47. The minimum absolute atomic E-state index is 0.0160. The monoisotopic (exact) mass is 566 g/mol. The summed E-state index contributed by atoms with van der Waals surface area (Å²) in [4.78, 5) is 29.0. The van der Waals surface area contributed by atoms with E-state index in [-0.39, 0.29) is 41.7 Å². The molecule has 1 aliphatic carbocycles. The fourth-order valence-electron chi connectivity index (χ4n) is 6.06. The highest BCUT2D eigenvalue weighted by molar-refractivity contribution is 5.83. The minimum Gasteiger partial charge on any atom is -0.370 e. The Labute approximate surface area is 248 Å². The lowest BCUT2D eigenvalue weighted by molar-refractivity contribution is -0.133. The van der Waals surface area contributed by atoms with Crippen molar-refractivity contribution >= 4 is 17.8 Å². The molecule has 1 saturated heterocycles. The van der Waals surface area contributed by atoms with Crippen molar-refractivity contribution in [3.8, 4) is 0 Å². The Kier molecular flexibility index (Phi) is 9.87. The molecule has 2 unspecified atom stereocenters. The molecule has 0 bridgehead atoms. The van der Waals surface area contributed by atoms with Crippen LogP contribution in [0.3, 0.4) is 0 Å². The van der Waals surface area contributed by atoms with Gasteiger partial charge in [0.25, 0.3) is 0 Å². The first-order valence-corrected chi connectivity index (χ1v) is 15.0. The molecule has 0 aromatic heterocycles. The first-order valence-electron chi connectivity index (χ1n) is 15.0. The van der Waals surface area contributed by atoms with Crippen molar-refractivity contribution in [1.29, 1.82) is 5.41 Å². The highest BCUT2D eigenvalue weighted by atomic mass is 16.2. The van der Waals surface area contributed by atoms with Crippen LogP contribution in [0.5, 0.6) is 0 Å². The molecule has 42 heavy (non-hydrogen) atoms. The van der Waals surface area contributed by atoms with Gasteiger partial charge in [0, 0.05) is 44.1 Å². The maximum Gasteiger partial charge on any atom is 0.239 e. The van der Waals surface area contributed by atoms with E-state index in [2.05, 4.69) is 52.3 Å². The number of hydrogen-bond acceptors (Lipinski definition) is 4. The third-order valence-electron chi connectivity index (χ3n) is 8.46. The summed E-state index contributed by atoms with van der Waals surface area (Å²) < 4.78 is 0. The second kappa shape index (κ2) is 14.1. The lowest BCUT2D eigenvalue weighted by atomic mass is 9.90. The third kappa shape index (κ3) is 7.76. The normalized spacial score (nSPS) is 21.9. The molecule has 3 aromatic rings. The van der Waals surface area contributed by atoms with Crippen molar-refractivity contribution in [2.45, 2.75) is 49.6 Å². The number of amides is 2. The quantitative estimate of drug-likeness (QED) is 0.130. The first kappa shape index (κ1) is 29.3. The van der Waals surface area contributed by atoms with E-state index in [1.165, 1.54) is 16.7 Å². The summed E-state index contributed by atoms with van der Waals surface area (Å²) in [6, 6.07) is 30.5. The van der Waals surface area contributed by atoms with Gasteiger partial charge in [-0.15, -0.1) is 0 Å². The summed E-state index contributed by atoms with van der Waals surface area (Å²) in [5.41, 5.74) is 9.03. The van der Waals surface area contributed by atoms with Crippen LogP contribution in [0.2, 0.25) is 0 Å². The van der Waals surface area contributed by atoms with Crippen LogP contribution in [0.4, 0.5) is 0 Å². The SMILES string of the molecule is N=C(N)NCCC[C@@H]1N[C@H](CNC(=O)C2CC2c2ccccc2)CCN(CC(c2ccccc2)c2ccccc2)C1=O. The van der Waals surface area contributed by atoms with Gasteiger partial charge in [-0.05, 0) is 48.3 Å². The van der Waals surface area contributed by atoms with Gasteiger partial charge in [-0.3, -0.25) is 15.0 Å². The van der Waals surface area contributed by atoms with E-state index in [4.69, 9.17) is 11.1 Å². The summed E-state index contributed by atoms with van der Waals surface area (Å²) in [7, 11) is 0. The number of nitrogens with one attached hydrogen (secondary N) is 4. The molecule has 2 aliphatic rings. The Bertz CT molecular complexity index is 1280. The number of hydrogen-bond donors (Lipinski definition) is 5. The number of guanidine groups is 1. The molecular formula is C34H42N6O2. The molecule has 0 radical (unpaired) electrons. The van der Waals surface area contributed by atoms with Gasteiger partial charge >= 0.3 is 0 Å². The van der Waals surface area contributed by atoms with Gasteiger partial charge < -0.3 is 26.6 Å². The summed E-state index contributed by atoms with van der Waals surface area (Å²) >= 11 is 0. The van der Waals surface area contributed by atoms with Crippen LogP contribution in [-0.2, 0) is 9.59 Å². The number of carbonyl (C=O) groups excluding carboxylic acids is 2. The van der Waals surface area contributed by atoms with E-state index in [1.807, 2.05) is 59.5 Å². The van der Waals surface area contributed by atoms with Crippen molar-refractivity contribution in [3.63, 3.8) is 0 Å². The van der Waals surface area contributed by atoms with Crippen LogP contribution in [0, 0.1) is 11.3 Å². The van der Waals surface area contributed by atoms with Gasteiger partial charge in [-0.25, -0.2) is 0 Å². The Morgan fingerprint density at radius 3 is 2.19 bits per heavy atom. The molecule has 0 spiro atoms. The summed E-state index contributed by atoms with van der Waals surface area (Å²) in [6.45, 7) is 2.21. The van der Waals surface area contributed by atoms with Gasteiger partial charge in [0.2, 0.25) is 11.8 Å². The Hall–Kier alpha value is -4.17. The molecule has 8 heteroatoms. The molecule has 8 nitrogen and oxygen atoms in total. The van der Waals surface area contributed by atoms with Gasteiger partial charge in [0.05, 0.1) is 6.04 Å². The molecule has 1 heterocycles. The van der Waals surface area contributed by atoms with Crippen molar-refractivity contribution in [3.05, 3.63) is 108 Å². The molecule has 2 fully saturated rings. The fraction of sp³-hybridized carbons (Fsp3) is 0.382. The van der Waals surface area contributed by atoms with Crippen molar-refractivity contribution in [2.24, 2.45) is 11.7 Å². The summed E-state index contributed by atoms with van der Waals surface area (Å²) in [5.74, 6) is 0.461. The van der Waals surface area contributed by atoms with Crippen LogP contribution in [0.25, 0.3) is 0 Å². The van der Waals surface area contributed by atoms with E-state index in [0.29, 0.717) is 44.9 Å². The van der Waals surface area contributed by atoms with Gasteiger partial charge in [0.15, 0.2) is 5.96 Å². The van der Waals surface area contributed by atoms with Crippen LogP contribution in [-0.4, -0.2) is 60.9 Å². The smallest absolute Gasteiger partial charge is 0.239 e. The second-order valence-corrected chi connectivity index (χ2v) is 11.5. The molecule has 1 saturated carbocycles. The zero-order valence-electron chi connectivity index (χ0n) is 24.0. The van der Waals surface area contributed by atoms with Crippen LogP contribution < -0.4 is 21.7 Å². The maximum absolute atomic E-state index is 14.0. The molecule has 1 aliphatic heterocycles. The zero-order chi connectivity index (χ0) is 29.3. The average molecular weight is 567 g/mol. The maximum atomic E-state index is 14.0. The topological polar surface area (TPSA) is 123 Å². The fourth-order valence-corrected chi connectivity index (χ4v) is 6.06. The average Bonchev–Trinajstić information content (AvgIpc) is 3.84. The zero-order valence-corrected chi connectivity index (χ0v) is 24.0. The number of nitrogens with zero attached hydrogens (tertiary/aromatic N) is 1. The van der Waals surface area contributed by atoms with E-state index in [1.54, 1.807) is 0 Å². The lowest BCUT2D eigenvalue weighted by Crippen LogP contribution is -2.49. The van der Waals surface area contributed by atoms with Crippen molar-refractivity contribution in [1.82, 2.24) is 20.9 Å². The van der Waals surface area contributed by atoms with E-state index < -0.39 is 0 Å². The van der Waals surface area contributed by atoms with Gasteiger partial charge in [-0.2, -0.15) is 0 Å². The molecule has 2 amide bonds. The minimum atomic E-state index is -0.381. The summed E-state index contributed by atoms with van der Waals surface area (Å²) in [6.07, 6.45) is 2.93. The number of carbonyl (C=O) groups is 2. The van der Waals surface area contributed by atoms with Crippen LogP contribution in [0.1, 0.15) is 54.2 Å². The first-order chi connectivity index (χ1) is 20.5. The van der Waals surface area contributed by atoms with E-state index >= 15 is 0 Å². The standard InChI is InChI=1S/C34H42N6O2/c35-34(36)37-19-10-17-31-33(42)40(23-30(25-13-6-2-7-14-25)26-15-8-3-9-16-26)20-18-27(39-31)22-38-32(41)29-21-28(29)24-11-4-1-5-12-24/h1-9,11-16,27-31,39H,10,17-23H2,(H,38,41)(H4,35,36,37)/t27-,28?,29?,31-/m0/s1. The Morgan fingerprint density at radius 1 is 0.952 bits per heavy atom. The molecule has 4 atom stereocenters. The second-order valence-electron chi connectivity index (χ2n) is 11.5. The van der Waals surface area contributed by atoms with E-state index in [0.717, 1.165) is 12.8 Å². The Balaban J connectivity index is 1.26. The Morgan fingerprint density at radius 2 is 1.57 bits per heavy atom. The van der Waals surface area contributed by atoms with Gasteiger partial charge in [-0.1, -0.05) is 91.0 Å². The third-order valence-corrected chi connectivity index (χ3v) is 8.46. The van der Waals surface area contributed by atoms with Crippen LogP contribution >= 0.6 is 0 Å². The molecule has 3 aromatic carbocycles. The highest BCUT2D eigenvalue weighted by Gasteiger charge is 2.44. The predicted octanol–water partition coefficient (Wildman–Crippen LogP) is 3.56. The largest absolute Gasteiger partial charge is 0.370 e. The van der Waals surface area contributed by atoms with Crippen molar-refractivity contribution in [2.75, 3.05) is 26.2 Å².